The standard InChI is InChI=1S/C52H76O24.C9H18N6/c1-18-29(72-34-14-30(43(58)21(4)68-34)73-33-13-28(54)42(57)20(3)67-33)12-26-10-25-11-27(49(66-9)48(63)41(56)19(2)53)50(47(62)39(25)46(61)38(26)40(18)55)76-36-16-31(44(59)23(6)70-36)74-35-15-32(45(60)22(5)69-35)75-37-17-52(8,65)51(64)24(7)71-37;1-13(2)7-10-8(14(3)4)12-9(11-7)15(5)6/h10,12,19-24,27-28,30-37,41-45,49-51,53-61,64-65H,11,13-17H2,1-9H3;1-6H3/t19-,20-,21-,22-,23-,24-,27+,28-,30-,31-,32-,33+,34+,35+,36+,37+,41+,42-,43-,44-,45+,49+,50+,51-,52+;/m1./s1. The average molecular weight is 1300 g/mol. The number of hydrogen-bond acceptors (Lipinski definition) is 30. The van der Waals surface area contributed by atoms with Crippen molar-refractivity contribution in [1.82, 2.24) is 15.0 Å². The third-order valence-electron chi connectivity index (χ3n) is 17.7. The first-order valence-corrected chi connectivity index (χ1v) is 30.7. The Morgan fingerprint density at radius 3 is 1.54 bits per heavy atom. The summed E-state index contributed by atoms with van der Waals surface area (Å²) in [4.78, 5) is 47.5. The number of benzene rings is 2. The van der Waals surface area contributed by atoms with Crippen LogP contribution in [-0.4, -0.2) is 279 Å². The van der Waals surface area contributed by atoms with Crippen LogP contribution in [0.25, 0.3) is 10.8 Å². The van der Waals surface area contributed by atoms with Crippen LogP contribution in [0.15, 0.2) is 12.1 Å². The Morgan fingerprint density at radius 1 is 0.637 bits per heavy atom. The maximum atomic E-state index is 15.0. The Kier molecular flexibility index (Phi) is 23.2. The SMILES string of the molecule is CN(C)c1nc(N(C)C)nc(N(C)C)n1.CO[C@H](C(=O)[C@@H](O)[C@@H](C)O)[C@@H]1Cc2cc3cc(O[C@H]4C[C@@H](O[C@H]5C[C@@H](O)[C@H](O)[C@@H](C)O5)[C@H](O)[C@@H](C)O4)c(C)c(O)c3c(O)c2C(=O)[C@H]1O[C@H]1C[C@@H](O[C@H]2C[C@@H](O[C@H]3C[C@](C)(O)[C@H](O)[C@@H](C)O3)[C@@H](O)[C@@H](C)O2)[C@H](O)[C@@H](C)O1. The van der Waals surface area contributed by atoms with Gasteiger partial charge in [0.15, 0.2) is 36.7 Å². The minimum atomic E-state index is -1.95. The van der Waals surface area contributed by atoms with Gasteiger partial charge < -0.3 is 123 Å². The minimum Gasteiger partial charge on any atom is -0.507 e. The Hall–Kier alpha value is -4.91. The molecular formula is C61H94N6O24. The lowest BCUT2D eigenvalue weighted by atomic mass is 9.75. The van der Waals surface area contributed by atoms with E-state index in [9.17, 15) is 61.0 Å². The van der Waals surface area contributed by atoms with Gasteiger partial charge in [-0.2, -0.15) is 15.0 Å². The molecular weight excluding hydrogens is 1200 g/mol. The maximum absolute atomic E-state index is 15.0. The van der Waals surface area contributed by atoms with Crippen LogP contribution in [0.2, 0.25) is 0 Å². The Balaban J connectivity index is 0.000000624. The van der Waals surface area contributed by atoms with E-state index in [4.69, 9.17) is 52.1 Å². The molecule has 512 valence electrons. The molecule has 6 aliphatic rings. The third-order valence-corrected chi connectivity index (χ3v) is 17.7. The van der Waals surface area contributed by atoms with Gasteiger partial charge in [-0.1, -0.05) is 0 Å². The van der Waals surface area contributed by atoms with Crippen molar-refractivity contribution in [3.8, 4) is 17.2 Å². The lowest BCUT2D eigenvalue weighted by molar-refractivity contribution is -0.334. The second kappa shape index (κ2) is 29.4. The van der Waals surface area contributed by atoms with Gasteiger partial charge >= 0.3 is 0 Å². The second-order valence-corrected chi connectivity index (χ2v) is 25.6. The number of hydrogen-bond donors (Lipinski definition) is 11. The van der Waals surface area contributed by atoms with Crippen molar-refractivity contribution in [3.05, 3.63) is 28.8 Å². The number of phenolic OH excluding ortho intramolecular Hbond substituents is 2. The predicted molar refractivity (Wildman–Crippen MR) is 321 cm³/mol. The largest absolute Gasteiger partial charge is 0.507 e. The summed E-state index contributed by atoms with van der Waals surface area (Å²) in [5.41, 5.74) is -1.47. The van der Waals surface area contributed by atoms with Gasteiger partial charge in [0, 0.05) is 93.0 Å². The first-order chi connectivity index (χ1) is 42.6. The van der Waals surface area contributed by atoms with Crippen LogP contribution in [0.3, 0.4) is 0 Å². The van der Waals surface area contributed by atoms with Crippen LogP contribution < -0.4 is 19.4 Å². The number of aromatic nitrogens is 3. The molecule has 3 aromatic rings. The lowest BCUT2D eigenvalue weighted by Crippen LogP contribution is -2.58. The number of carbonyl (C=O) groups is 2. The fourth-order valence-electron chi connectivity index (χ4n) is 12.3. The van der Waals surface area contributed by atoms with Crippen LogP contribution in [-0.2, 0) is 58.6 Å². The van der Waals surface area contributed by atoms with Crippen molar-refractivity contribution in [2.24, 2.45) is 5.92 Å². The van der Waals surface area contributed by atoms with Crippen LogP contribution >= 0.6 is 0 Å². The first kappa shape index (κ1) is 71.9. The molecule has 0 unspecified atom stereocenters. The van der Waals surface area contributed by atoms with Crippen molar-refractivity contribution >= 4 is 40.2 Å². The van der Waals surface area contributed by atoms with Gasteiger partial charge in [-0.3, -0.25) is 9.59 Å². The van der Waals surface area contributed by atoms with Gasteiger partial charge in [0.05, 0.1) is 77.6 Å². The molecule has 0 saturated carbocycles. The van der Waals surface area contributed by atoms with E-state index in [1.54, 1.807) is 27.7 Å². The molecule has 0 amide bonds. The molecule has 30 nitrogen and oxygen atoms in total. The second-order valence-electron chi connectivity index (χ2n) is 25.6. The fourth-order valence-corrected chi connectivity index (χ4v) is 12.3. The van der Waals surface area contributed by atoms with E-state index in [0.29, 0.717) is 17.8 Å². The highest BCUT2D eigenvalue weighted by atomic mass is 16.7. The Morgan fingerprint density at radius 2 is 1.08 bits per heavy atom. The third kappa shape index (κ3) is 15.9. The number of phenols is 2. The average Bonchev–Trinajstić information content (AvgIpc) is 0.756. The Bertz CT molecular complexity index is 2900. The summed E-state index contributed by atoms with van der Waals surface area (Å²) in [6, 6.07) is 3.03. The van der Waals surface area contributed by atoms with Gasteiger partial charge in [0.1, 0.15) is 66.1 Å². The van der Waals surface area contributed by atoms with E-state index >= 15 is 4.79 Å². The topological polar surface area (TPSA) is 407 Å². The van der Waals surface area contributed by atoms with E-state index in [1.807, 2.05) is 57.0 Å². The summed E-state index contributed by atoms with van der Waals surface area (Å²) in [5.74, 6) is -2.08. The van der Waals surface area contributed by atoms with Crippen LogP contribution in [0.1, 0.15) is 102 Å². The molecule has 30 heteroatoms. The molecule has 5 aliphatic heterocycles. The van der Waals surface area contributed by atoms with Gasteiger partial charge in [0.2, 0.25) is 24.1 Å². The number of aromatic hydroxyl groups is 2. The number of ether oxygens (including phenoxy) is 11. The fraction of sp³-hybridized carbons (Fsp3) is 0.754. The van der Waals surface area contributed by atoms with Gasteiger partial charge in [0.25, 0.3) is 0 Å². The number of aliphatic hydroxyl groups excluding tert-OH is 8. The first-order valence-electron chi connectivity index (χ1n) is 30.7. The molecule has 0 spiro atoms. The minimum absolute atomic E-state index is 0.0365. The molecule has 1 aliphatic carbocycles. The molecule has 25 atom stereocenters. The number of Topliss-reactive ketones (excluding diaryl/α,β-unsaturated/α-hetero) is 2. The zero-order valence-corrected chi connectivity index (χ0v) is 54.2. The zero-order valence-electron chi connectivity index (χ0n) is 54.2. The molecule has 91 heavy (non-hydrogen) atoms. The number of fused-ring (bicyclic) bond motifs is 2. The van der Waals surface area contributed by atoms with E-state index in [2.05, 4.69) is 15.0 Å². The summed E-state index contributed by atoms with van der Waals surface area (Å²) < 4.78 is 66.5. The number of ketones is 2. The highest BCUT2D eigenvalue weighted by Crippen LogP contribution is 2.48. The van der Waals surface area contributed by atoms with Crippen molar-refractivity contribution in [2.75, 3.05) is 64.1 Å². The summed E-state index contributed by atoms with van der Waals surface area (Å²) >= 11 is 0. The highest BCUT2D eigenvalue weighted by molar-refractivity contribution is 6.11. The summed E-state index contributed by atoms with van der Waals surface area (Å²) in [6.45, 7) is 12.1. The molecule has 2 aromatic carbocycles. The summed E-state index contributed by atoms with van der Waals surface area (Å²) in [5, 5.41) is 120. The maximum Gasteiger partial charge on any atom is 0.231 e. The molecule has 1 aromatic heterocycles. The van der Waals surface area contributed by atoms with Gasteiger partial charge in [-0.25, -0.2) is 0 Å². The van der Waals surface area contributed by atoms with E-state index < -0.39 is 176 Å². The lowest BCUT2D eigenvalue weighted by Gasteiger charge is -2.46. The number of carbonyl (C=O) groups excluding carboxylic acids is 2. The van der Waals surface area contributed by atoms with Crippen LogP contribution in [0.4, 0.5) is 17.8 Å². The molecule has 0 bridgehead atoms. The number of methoxy groups -OCH3 is 1. The number of aliphatic hydroxyl groups is 9. The van der Waals surface area contributed by atoms with Crippen molar-refractivity contribution in [2.45, 2.75) is 241 Å². The van der Waals surface area contributed by atoms with E-state index in [-0.39, 0.29) is 71.7 Å². The zero-order chi connectivity index (χ0) is 67.2. The van der Waals surface area contributed by atoms with E-state index in [1.165, 1.54) is 46.9 Å². The smallest absolute Gasteiger partial charge is 0.231 e. The molecule has 6 heterocycles. The summed E-state index contributed by atoms with van der Waals surface area (Å²) in [7, 11) is 12.6. The van der Waals surface area contributed by atoms with Crippen LogP contribution in [0.5, 0.6) is 17.2 Å². The molecule has 9 rings (SSSR count). The van der Waals surface area contributed by atoms with Crippen molar-refractivity contribution in [3.63, 3.8) is 0 Å². The molecule has 0 radical (unpaired) electrons. The molecule has 11 N–H and O–H groups in total. The predicted octanol–water partition coefficient (Wildman–Crippen LogP) is -0.180. The van der Waals surface area contributed by atoms with Gasteiger partial charge in [-0.15, -0.1) is 0 Å². The van der Waals surface area contributed by atoms with Crippen molar-refractivity contribution in [1.29, 1.82) is 0 Å². The number of nitrogens with zero attached hydrogens (tertiary/aromatic N) is 6. The Labute approximate surface area is 528 Å². The summed E-state index contributed by atoms with van der Waals surface area (Å²) in [6.07, 6.45) is -27.0. The monoisotopic (exact) mass is 1290 g/mol. The normalized spacial score (nSPS) is 37.1. The quantitative estimate of drug-likeness (QED) is 0.0787. The van der Waals surface area contributed by atoms with Crippen molar-refractivity contribution < 1.29 is 118 Å². The molecule has 5 fully saturated rings. The number of rotatable bonds is 18. The number of anilines is 3. The van der Waals surface area contributed by atoms with E-state index in [0.717, 1.165) is 0 Å². The molecule has 5 saturated heterocycles. The van der Waals surface area contributed by atoms with Crippen LogP contribution in [0, 0.1) is 12.8 Å². The highest BCUT2D eigenvalue weighted by Gasteiger charge is 2.52. The van der Waals surface area contributed by atoms with Gasteiger partial charge in [-0.05, 0) is 84.9 Å².